The third-order valence-electron chi connectivity index (χ3n) is 7.43. The lowest BCUT2D eigenvalue weighted by molar-refractivity contribution is -0.140. The number of nitrogens with one attached hydrogen (secondary N) is 1. The molecule has 0 saturated carbocycles. The van der Waals surface area contributed by atoms with Gasteiger partial charge in [-0.1, -0.05) is 95.0 Å². The normalized spacial score (nSPS) is 12.1. The molecule has 2 amide bonds. The van der Waals surface area contributed by atoms with E-state index in [-0.39, 0.29) is 40.5 Å². The van der Waals surface area contributed by atoms with Gasteiger partial charge in [0.15, 0.2) is 0 Å². The van der Waals surface area contributed by atoms with Crippen molar-refractivity contribution in [2.45, 2.75) is 57.6 Å². The topological polar surface area (TPSA) is 86.8 Å². The Balaban J connectivity index is 1.85. The van der Waals surface area contributed by atoms with Gasteiger partial charge in [0, 0.05) is 24.0 Å². The Kier molecular flexibility index (Phi) is 11.8. The van der Waals surface area contributed by atoms with Crippen molar-refractivity contribution >= 4 is 62.3 Å². The maximum atomic E-state index is 14.6. The fourth-order valence-electron chi connectivity index (χ4n) is 4.99. The number of aryl methyl sites for hydroxylation is 1. The first-order valence-corrected chi connectivity index (χ1v) is 17.3. The quantitative estimate of drug-likeness (QED) is 0.165. The summed E-state index contributed by atoms with van der Waals surface area (Å²) >= 11 is 19.0. The SMILES string of the molecule is Cc1ccc(S(=O)(=O)N(CC(=O)N(Cc2ccc(Cl)c(Cl)c2)[C@@H](Cc2ccccc2)C(=O)NC(C)C)c2cccc(Cl)c2C)cc1. The molecular weight excluding hydrogens is 665 g/mol. The van der Waals surface area contributed by atoms with E-state index in [2.05, 4.69) is 5.32 Å². The van der Waals surface area contributed by atoms with Crippen molar-refractivity contribution in [3.63, 3.8) is 0 Å². The Morgan fingerprint density at radius 3 is 2.09 bits per heavy atom. The summed E-state index contributed by atoms with van der Waals surface area (Å²) in [6.45, 7) is 6.59. The van der Waals surface area contributed by atoms with Crippen molar-refractivity contribution in [3.8, 4) is 0 Å². The van der Waals surface area contributed by atoms with E-state index >= 15 is 0 Å². The predicted octanol–water partition coefficient (Wildman–Crippen LogP) is 7.62. The smallest absolute Gasteiger partial charge is 0.264 e. The van der Waals surface area contributed by atoms with Gasteiger partial charge in [-0.3, -0.25) is 13.9 Å². The van der Waals surface area contributed by atoms with Crippen LogP contribution < -0.4 is 9.62 Å². The minimum atomic E-state index is -4.26. The number of carbonyl (C=O) groups is 2. The van der Waals surface area contributed by atoms with E-state index in [4.69, 9.17) is 34.8 Å². The number of carbonyl (C=O) groups excluding carboxylic acids is 2. The Bertz CT molecular complexity index is 1800. The first-order valence-electron chi connectivity index (χ1n) is 14.7. The number of rotatable bonds is 12. The van der Waals surface area contributed by atoms with Gasteiger partial charge in [-0.2, -0.15) is 0 Å². The van der Waals surface area contributed by atoms with Gasteiger partial charge in [0.1, 0.15) is 12.6 Å². The number of halogens is 3. The van der Waals surface area contributed by atoms with Crippen molar-refractivity contribution < 1.29 is 18.0 Å². The summed E-state index contributed by atoms with van der Waals surface area (Å²) < 4.78 is 29.6. The molecular formula is C35H36Cl3N3O4S. The molecule has 0 fully saturated rings. The highest BCUT2D eigenvalue weighted by atomic mass is 35.5. The van der Waals surface area contributed by atoms with E-state index < -0.39 is 28.5 Å². The molecule has 7 nitrogen and oxygen atoms in total. The third-order valence-corrected chi connectivity index (χ3v) is 10.4. The fraction of sp³-hybridized carbons (Fsp3) is 0.257. The number of benzene rings is 4. The standard InChI is InChI=1S/C35H36Cl3N3O4S/c1-23(2)39-35(43)33(20-26-9-6-5-7-10-26)40(21-27-15-18-30(37)31(38)19-27)34(42)22-41(32-12-8-11-29(36)25(32)4)46(44,45)28-16-13-24(3)14-17-28/h5-19,23,33H,20-22H2,1-4H3,(H,39,43)/t33-/m0/s1. The van der Waals surface area contributed by atoms with E-state index in [9.17, 15) is 18.0 Å². The van der Waals surface area contributed by atoms with Crippen LogP contribution >= 0.6 is 34.8 Å². The van der Waals surface area contributed by atoms with Crippen molar-refractivity contribution in [3.05, 3.63) is 128 Å². The van der Waals surface area contributed by atoms with Crippen molar-refractivity contribution in [2.75, 3.05) is 10.8 Å². The zero-order chi connectivity index (χ0) is 33.6. The summed E-state index contributed by atoms with van der Waals surface area (Å²) in [4.78, 5) is 29.8. The summed E-state index contributed by atoms with van der Waals surface area (Å²) in [5.41, 5.74) is 3.07. The highest BCUT2D eigenvalue weighted by Gasteiger charge is 2.35. The molecule has 4 aromatic carbocycles. The fourth-order valence-corrected chi connectivity index (χ4v) is 6.95. The molecule has 1 N–H and O–H groups in total. The maximum Gasteiger partial charge on any atom is 0.264 e. The monoisotopic (exact) mass is 699 g/mol. The van der Waals surface area contributed by atoms with E-state index in [0.717, 1.165) is 15.4 Å². The van der Waals surface area contributed by atoms with Crippen molar-refractivity contribution in [1.29, 1.82) is 0 Å². The molecule has 0 aliphatic carbocycles. The second-order valence-corrected chi connectivity index (χ2v) is 14.4. The molecule has 0 bridgehead atoms. The van der Waals surface area contributed by atoms with Crippen LogP contribution in [-0.2, 0) is 32.6 Å². The first kappa shape index (κ1) is 35.3. The average molecular weight is 701 g/mol. The molecule has 0 aliphatic rings. The van der Waals surface area contributed by atoms with E-state index in [1.165, 1.54) is 17.0 Å². The Labute approximate surface area is 286 Å². The minimum Gasteiger partial charge on any atom is -0.352 e. The van der Waals surface area contributed by atoms with Gasteiger partial charge in [0.25, 0.3) is 10.0 Å². The Hall–Kier alpha value is -3.56. The van der Waals surface area contributed by atoms with Gasteiger partial charge >= 0.3 is 0 Å². The highest BCUT2D eigenvalue weighted by Crippen LogP contribution is 2.32. The number of amides is 2. The van der Waals surface area contributed by atoms with Crippen LogP contribution in [0.25, 0.3) is 0 Å². The molecule has 0 saturated heterocycles. The summed E-state index contributed by atoms with van der Waals surface area (Å²) in [6, 6.07) is 24.4. The number of hydrogen-bond acceptors (Lipinski definition) is 4. The highest BCUT2D eigenvalue weighted by molar-refractivity contribution is 7.92. The van der Waals surface area contributed by atoms with Gasteiger partial charge in [-0.15, -0.1) is 0 Å². The molecule has 0 aliphatic heterocycles. The lowest BCUT2D eigenvalue weighted by atomic mass is 10.0. The van der Waals surface area contributed by atoms with Crippen LogP contribution in [0, 0.1) is 13.8 Å². The number of sulfonamides is 1. The van der Waals surface area contributed by atoms with E-state index in [0.29, 0.717) is 21.2 Å². The van der Waals surface area contributed by atoms with Gasteiger partial charge < -0.3 is 10.2 Å². The maximum absolute atomic E-state index is 14.6. The van der Waals surface area contributed by atoms with Crippen LogP contribution in [0.4, 0.5) is 5.69 Å². The van der Waals surface area contributed by atoms with Crippen LogP contribution in [0.5, 0.6) is 0 Å². The van der Waals surface area contributed by atoms with Crippen molar-refractivity contribution in [2.24, 2.45) is 0 Å². The van der Waals surface area contributed by atoms with Crippen LogP contribution in [0.3, 0.4) is 0 Å². The lowest BCUT2D eigenvalue weighted by Gasteiger charge is -2.34. The number of hydrogen-bond donors (Lipinski definition) is 1. The molecule has 0 spiro atoms. The van der Waals surface area contributed by atoms with Crippen molar-refractivity contribution in [1.82, 2.24) is 10.2 Å². The van der Waals surface area contributed by atoms with E-state index in [1.54, 1.807) is 55.5 Å². The Morgan fingerprint density at radius 2 is 1.46 bits per heavy atom. The minimum absolute atomic E-state index is 0.0136. The molecule has 0 unspecified atom stereocenters. The van der Waals surface area contributed by atoms with Gasteiger partial charge in [-0.25, -0.2) is 8.42 Å². The number of nitrogens with zero attached hydrogens (tertiary/aromatic N) is 2. The molecule has 4 aromatic rings. The summed E-state index contributed by atoms with van der Waals surface area (Å²) in [5, 5.41) is 3.91. The molecule has 0 heterocycles. The number of anilines is 1. The molecule has 0 radical (unpaired) electrons. The van der Waals surface area contributed by atoms with Crippen LogP contribution in [0.15, 0.2) is 95.9 Å². The average Bonchev–Trinajstić information content (AvgIpc) is 3.01. The van der Waals surface area contributed by atoms with Crippen LogP contribution in [0.1, 0.15) is 36.1 Å². The van der Waals surface area contributed by atoms with Gasteiger partial charge in [0.05, 0.1) is 20.6 Å². The molecule has 0 aromatic heterocycles. The van der Waals surface area contributed by atoms with E-state index in [1.807, 2.05) is 51.1 Å². The molecule has 11 heteroatoms. The molecule has 242 valence electrons. The third kappa shape index (κ3) is 8.62. The van der Waals surface area contributed by atoms with Gasteiger partial charge in [0.2, 0.25) is 11.8 Å². The molecule has 46 heavy (non-hydrogen) atoms. The Morgan fingerprint density at radius 1 is 0.783 bits per heavy atom. The lowest BCUT2D eigenvalue weighted by Crippen LogP contribution is -2.54. The first-order chi connectivity index (χ1) is 21.8. The van der Waals surface area contributed by atoms with Gasteiger partial charge in [-0.05, 0) is 80.8 Å². The second kappa shape index (κ2) is 15.4. The zero-order valence-electron chi connectivity index (χ0n) is 26.0. The van der Waals surface area contributed by atoms with Crippen LogP contribution in [0.2, 0.25) is 15.1 Å². The summed E-state index contributed by atoms with van der Waals surface area (Å²) in [6.07, 6.45) is 0.188. The second-order valence-electron chi connectivity index (χ2n) is 11.3. The van der Waals surface area contributed by atoms with Crippen LogP contribution in [-0.4, -0.2) is 43.8 Å². The zero-order valence-corrected chi connectivity index (χ0v) is 29.1. The predicted molar refractivity (Wildman–Crippen MR) is 186 cm³/mol. The molecule has 1 atom stereocenters. The largest absolute Gasteiger partial charge is 0.352 e. The summed E-state index contributed by atoms with van der Waals surface area (Å²) in [5.74, 6) is -0.972. The summed E-state index contributed by atoms with van der Waals surface area (Å²) in [7, 11) is -4.26. The molecule has 4 rings (SSSR count).